The van der Waals surface area contributed by atoms with Crippen LogP contribution in [0.25, 0.3) is 6.08 Å². The second-order valence-corrected chi connectivity index (χ2v) is 7.80. The molecule has 3 aromatic rings. The van der Waals surface area contributed by atoms with E-state index in [0.29, 0.717) is 5.69 Å². The van der Waals surface area contributed by atoms with E-state index in [9.17, 15) is 22.8 Å². The summed E-state index contributed by atoms with van der Waals surface area (Å²) in [5.74, 6) is -1.05. The molecular weight excluding hydrogens is 437 g/mol. The molecule has 1 aromatic carbocycles. The first kappa shape index (κ1) is 21.7. The summed E-state index contributed by atoms with van der Waals surface area (Å²) in [7, 11) is 0. The predicted octanol–water partition coefficient (Wildman–Crippen LogP) is 5.66. The van der Waals surface area contributed by atoms with E-state index in [0.717, 1.165) is 33.2 Å². The average Bonchev–Trinajstić information content (AvgIpc) is 3.36. The van der Waals surface area contributed by atoms with Crippen molar-refractivity contribution >= 4 is 51.4 Å². The van der Waals surface area contributed by atoms with E-state index < -0.39 is 23.6 Å². The number of nitrogens with zero attached hydrogens (tertiary/aromatic N) is 2. The number of anilines is 2. The van der Waals surface area contributed by atoms with Gasteiger partial charge in [0.05, 0.1) is 16.9 Å². The van der Waals surface area contributed by atoms with E-state index in [2.05, 4.69) is 4.98 Å². The van der Waals surface area contributed by atoms with Crippen molar-refractivity contribution < 1.29 is 27.5 Å². The molecule has 10 heteroatoms. The largest absolute Gasteiger partial charge is 0.456 e. The van der Waals surface area contributed by atoms with Gasteiger partial charge in [0.15, 0.2) is 5.13 Å². The van der Waals surface area contributed by atoms with Gasteiger partial charge < -0.3 is 4.74 Å². The van der Waals surface area contributed by atoms with E-state index in [4.69, 9.17) is 4.74 Å². The van der Waals surface area contributed by atoms with Gasteiger partial charge in [0.25, 0.3) is 0 Å². The molecule has 2 aromatic heterocycles. The van der Waals surface area contributed by atoms with Gasteiger partial charge in [0.1, 0.15) is 6.61 Å². The lowest BCUT2D eigenvalue weighted by Crippen LogP contribution is -2.23. The second kappa shape index (κ2) is 9.23. The minimum atomic E-state index is -4.53. The van der Waals surface area contributed by atoms with Gasteiger partial charge in [0.2, 0.25) is 5.91 Å². The number of esters is 1. The topological polar surface area (TPSA) is 59.5 Å². The van der Waals surface area contributed by atoms with E-state index in [1.54, 1.807) is 11.5 Å². The molecule has 0 aliphatic rings. The minimum absolute atomic E-state index is 0.0501. The van der Waals surface area contributed by atoms with Gasteiger partial charge >= 0.3 is 12.1 Å². The second-order valence-electron chi connectivity index (χ2n) is 5.98. The number of hydrogen-bond donors (Lipinski definition) is 0. The van der Waals surface area contributed by atoms with Crippen LogP contribution >= 0.6 is 22.7 Å². The van der Waals surface area contributed by atoms with Crippen LogP contribution in [0.5, 0.6) is 0 Å². The van der Waals surface area contributed by atoms with Crippen LogP contribution in [0, 0.1) is 0 Å². The number of alkyl halides is 3. The quantitative estimate of drug-likeness (QED) is 0.357. The van der Waals surface area contributed by atoms with Gasteiger partial charge in [0, 0.05) is 23.3 Å². The maximum absolute atomic E-state index is 13.0. The number of ether oxygens (including phenoxy) is 1. The van der Waals surface area contributed by atoms with Crippen LogP contribution in [0.15, 0.2) is 53.2 Å². The summed E-state index contributed by atoms with van der Waals surface area (Å²) in [5.41, 5.74) is -0.435. The number of hydrogen-bond acceptors (Lipinski definition) is 6. The molecule has 0 saturated heterocycles. The summed E-state index contributed by atoms with van der Waals surface area (Å²) >= 11 is 2.54. The maximum atomic E-state index is 13.0. The van der Waals surface area contributed by atoms with Gasteiger partial charge in [-0.2, -0.15) is 13.2 Å². The molecule has 30 heavy (non-hydrogen) atoms. The average molecular weight is 452 g/mol. The third kappa shape index (κ3) is 5.55. The van der Waals surface area contributed by atoms with Crippen molar-refractivity contribution in [3.05, 3.63) is 69.4 Å². The van der Waals surface area contributed by atoms with Gasteiger partial charge in [-0.3, -0.25) is 9.69 Å². The fourth-order valence-corrected chi connectivity index (χ4v) is 3.93. The Bertz CT molecular complexity index is 1060. The molecule has 2 heterocycles. The molecule has 1 amide bonds. The molecule has 0 radical (unpaired) electrons. The molecule has 0 spiro atoms. The first-order valence-electron chi connectivity index (χ1n) is 8.55. The molecule has 0 unspecified atom stereocenters. The lowest BCUT2D eigenvalue weighted by atomic mass is 10.2. The smallest absolute Gasteiger partial charge is 0.416 e. The van der Waals surface area contributed by atoms with Crippen LogP contribution < -0.4 is 4.90 Å². The number of rotatable bonds is 6. The van der Waals surface area contributed by atoms with Crippen LogP contribution in [-0.2, 0) is 27.1 Å². The van der Waals surface area contributed by atoms with Gasteiger partial charge in [-0.15, -0.1) is 22.7 Å². The predicted molar refractivity (Wildman–Crippen MR) is 110 cm³/mol. The molecule has 0 aliphatic heterocycles. The molecule has 5 nitrogen and oxygen atoms in total. The van der Waals surface area contributed by atoms with E-state index in [-0.39, 0.29) is 17.4 Å². The number of aromatic nitrogens is 1. The fraction of sp³-hybridized carbons (Fsp3) is 0.150. The number of carbonyl (C=O) groups is 2. The molecule has 0 aliphatic carbocycles. The van der Waals surface area contributed by atoms with E-state index in [1.807, 2.05) is 17.5 Å². The highest BCUT2D eigenvalue weighted by Crippen LogP contribution is 2.35. The standard InChI is InChI=1S/C20H15F3N2O3S2/c1-13(26)25(16-5-2-4-14(10-16)20(21,22)23)19-24-15(12-30-19)11-28-18(27)8-7-17-6-3-9-29-17/h2-10,12H,11H2,1H3/b8-7+. The van der Waals surface area contributed by atoms with Crippen LogP contribution in [0.4, 0.5) is 24.0 Å². The number of amides is 1. The fourth-order valence-electron chi connectivity index (χ4n) is 2.44. The number of thiazole rings is 1. The summed E-state index contributed by atoms with van der Waals surface area (Å²) in [6.07, 6.45) is -1.61. The summed E-state index contributed by atoms with van der Waals surface area (Å²) in [6, 6.07) is 8.15. The summed E-state index contributed by atoms with van der Waals surface area (Å²) < 4.78 is 44.1. The molecule has 0 bridgehead atoms. The molecule has 0 fully saturated rings. The van der Waals surface area contributed by atoms with Crippen molar-refractivity contribution in [2.24, 2.45) is 0 Å². The monoisotopic (exact) mass is 452 g/mol. The lowest BCUT2D eigenvalue weighted by Gasteiger charge is -2.19. The number of benzene rings is 1. The normalized spacial score (nSPS) is 11.6. The highest BCUT2D eigenvalue weighted by molar-refractivity contribution is 7.14. The Labute approximate surface area is 178 Å². The zero-order valence-corrected chi connectivity index (χ0v) is 17.2. The lowest BCUT2D eigenvalue weighted by molar-refractivity contribution is -0.139. The number of thiophene rings is 1. The highest BCUT2D eigenvalue weighted by Gasteiger charge is 2.31. The van der Waals surface area contributed by atoms with Crippen molar-refractivity contribution in [1.82, 2.24) is 4.98 Å². The van der Waals surface area contributed by atoms with Crippen molar-refractivity contribution in [3.8, 4) is 0 Å². The van der Waals surface area contributed by atoms with Crippen molar-refractivity contribution in [2.75, 3.05) is 4.90 Å². The van der Waals surface area contributed by atoms with Gasteiger partial charge in [-0.25, -0.2) is 9.78 Å². The van der Waals surface area contributed by atoms with Crippen molar-refractivity contribution in [1.29, 1.82) is 0 Å². The summed E-state index contributed by atoms with van der Waals surface area (Å²) in [6.45, 7) is 1.11. The van der Waals surface area contributed by atoms with E-state index in [1.165, 1.54) is 36.5 Å². The van der Waals surface area contributed by atoms with E-state index >= 15 is 0 Å². The Hall–Kier alpha value is -2.98. The highest BCUT2D eigenvalue weighted by atomic mass is 32.1. The first-order chi connectivity index (χ1) is 14.2. The van der Waals surface area contributed by atoms with Crippen LogP contribution in [0.2, 0.25) is 0 Å². The van der Waals surface area contributed by atoms with Crippen LogP contribution in [-0.4, -0.2) is 16.9 Å². The SMILES string of the molecule is CC(=O)N(c1cccc(C(F)(F)F)c1)c1nc(COC(=O)/C=C/c2cccs2)cs1. The van der Waals surface area contributed by atoms with Crippen molar-refractivity contribution in [3.63, 3.8) is 0 Å². The van der Waals surface area contributed by atoms with Crippen LogP contribution in [0.3, 0.4) is 0 Å². The van der Waals surface area contributed by atoms with Crippen LogP contribution in [0.1, 0.15) is 23.1 Å². The Morgan fingerprint density at radius 1 is 1.20 bits per heavy atom. The molecule has 0 N–H and O–H groups in total. The molecule has 0 atom stereocenters. The minimum Gasteiger partial charge on any atom is -0.456 e. The van der Waals surface area contributed by atoms with Gasteiger partial charge in [-0.05, 0) is 35.7 Å². The van der Waals surface area contributed by atoms with Gasteiger partial charge in [-0.1, -0.05) is 12.1 Å². The molecule has 156 valence electrons. The Morgan fingerprint density at radius 2 is 2.00 bits per heavy atom. The Balaban J connectivity index is 1.71. The van der Waals surface area contributed by atoms with Crippen molar-refractivity contribution in [2.45, 2.75) is 19.7 Å². The zero-order chi connectivity index (χ0) is 21.7. The molecule has 0 saturated carbocycles. The Morgan fingerprint density at radius 3 is 2.67 bits per heavy atom. The zero-order valence-electron chi connectivity index (χ0n) is 15.6. The number of carbonyl (C=O) groups excluding carboxylic acids is 2. The number of halogens is 3. The summed E-state index contributed by atoms with van der Waals surface area (Å²) in [4.78, 5) is 30.1. The first-order valence-corrected chi connectivity index (χ1v) is 10.3. The third-order valence-electron chi connectivity index (χ3n) is 3.77. The third-order valence-corrected chi connectivity index (χ3v) is 5.48. The Kier molecular flexibility index (Phi) is 6.68. The molecular formula is C20H15F3N2O3S2. The summed E-state index contributed by atoms with van der Waals surface area (Å²) in [5, 5.41) is 3.64. The molecule has 3 rings (SSSR count). The maximum Gasteiger partial charge on any atom is 0.416 e.